The van der Waals surface area contributed by atoms with E-state index in [0.29, 0.717) is 25.0 Å². The van der Waals surface area contributed by atoms with Crippen LogP contribution in [-0.2, 0) is 33.3 Å². The van der Waals surface area contributed by atoms with Crippen LogP contribution in [0.2, 0.25) is 0 Å². The third kappa shape index (κ3) is 3.41. The summed E-state index contributed by atoms with van der Waals surface area (Å²) in [5.41, 5.74) is -3.03. The number of carbonyl (C=O) groups is 2. The molecule has 10 heteroatoms. The summed E-state index contributed by atoms with van der Waals surface area (Å²) in [5.74, 6) is -1.25. The summed E-state index contributed by atoms with van der Waals surface area (Å²) in [6.45, 7) is 5.69. The van der Waals surface area contributed by atoms with E-state index < -0.39 is 64.9 Å². The predicted octanol–water partition coefficient (Wildman–Crippen LogP) is 1.28. The predicted molar refractivity (Wildman–Crippen MR) is 138 cm³/mol. The Balaban J connectivity index is 1.15. The third-order valence-corrected chi connectivity index (χ3v) is 12.3. The van der Waals surface area contributed by atoms with Gasteiger partial charge in [-0.1, -0.05) is 13.8 Å². The molecule has 15 unspecified atom stereocenters. The Kier molecular flexibility index (Phi) is 6.21. The molecule has 6 fully saturated rings. The molecule has 0 aromatic carbocycles. The second-order valence-electron chi connectivity index (χ2n) is 13.9. The fourth-order valence-corrected chi connectivity index (χ4v) is 10.1. The molecule has 0 spiro atoms. The number of methoxy groups -OCH3 is 1. The first-order chi connectivity index (χ1) is 18.9. The zero-order valence-corrected chi connectivity index (χ0v) is 23.7. The van der Waals surface area contributed by atoms with Gasteiger partial charge in [0.15, 0.2) is 24.5 Å². The summed E-state index contributed by atoms with van der Waals surface area (Å²) in [7, 11) is 1.58. The van der Waals surface area contributed by atoms with Crippen LogP contribution in [0.25, 0.3) is 0 Å². The number of ether oxygens (including phenoxy) is 5. The van der Waals surface area contributed by atoms with Crippen LogP contribution < -0.4 is 0 Å². The van der Waals surface area contributed by atoms with Crippen LogP contribution in [0.15, 0.2) is 11.8 Å². The summed E-state index contributed by atoms with van der Waals surface area (Å²) in [6.07, 6.45) is 0.918. The minimum absolute atomic E-state index is 0.0505. The topological polar surface area (TPSA) is 141 Å². The molecule has 3 heterocycles. The van der Waals surface area contributed by atoms with Gasteiger partial charge in [0, 0.05) is 42.8 Å². The van der Waals surface area contributed by atoms with Crippen molar-refractivity contribution in [2.45, 2.75) is 114 Å². The zero-order valence-electron chi connectivity index (χ0n) is 23.7. The highest BCUT2D eigenvalue weighted by molar-refractivity contribution is 5.93. The van der Waals surface area contributed by atoms with Gasteiger partial charge in [-0.2, -0.15) is 0 Å². The Morgan fingerprint density at radius 2 is 1.85 bits per heavy atom. The summed E-state index contributed by atoms with van der Waals surface area (Å²) in [4.78, 5) is 26.2. The SMILES string of the molecule is COC1CC(OC2CCC3(C)C(C2)CC2OC4CC(C5=CC(=O)CO5)C5(C)C(O)C(=O)C3C2C45O)OC(C)C1O. The summed E-state index contributed by atoms with van der Waals surface area (Å²) < 4.78 is 30.1. The van der Waals surface area contributed by atoms with Gasteiger partial charge in [-0.15, -0.1) is 0 Å². The van der Waals surface area contributed by atoms with Crippen molar-refractivity contribution in [2.75, 3.05) is 13.7 Å². The Bertz CT molecular complexity index is 1120. The Labute approximate surface area is 234 Å². The lowest BCUT2D eigenvalue weighted by atomic mass is 9.42. The number of rotatable bonds is 4. The molecular weight excluding hydrogens is 520 g/mol. The number of allylic oxidation sites excluding steroid dienone is 1. The molecule has 4 saturated carbocycles. The van der Waals surface area contributed by atoms with Gasteiger partial charge in [0.05, 0.1) is 30.5 Å². The Morgan fingerprint density at radius 3 is 2.55 bits per heavy atom. The highest BCUT2D eigenvalue weighted by Gasteiger charge is 2.82. The largest absolute Gasteiger partial charge is 0.489 e. The fraction of sp³-hybridized carbons (Fsp3) is 0.867. The molecule has 0 aromatic rings. The van der Waals surface area contributed by atoms with Crippen LogP contribution in [0.1, 0.15) is 59.3 Å². The van der Waals surface area contributed by atoms with E-state index >= 15 is 0 Å². The van der Waals surface area contributed by atoms with Gasteiger partial charge in [0.1, 0.15) is 23.6 Å². The monoisotopic (exact) mass is 562 g/mol. The first-order valence-electron chi connectivity index (χ1n) is 14.9. The molecule has 15 atom stereocenters. The van der Waals surface area contributed by atoms with E-state index in [0.717, 1.165) is 19.3 Å². The molecule has 4 aliphatic carbocycles. The van der Waals surface area contributed by atoms with Crippen molar-refractivity contribution < 1.29 is 48.6 Å². The van der Waals surface area contributed by atoms with E-state index in [2.05, 4.69) is 6.92 Å². The Morgan fingerprint density at radius 1 is 1.07 bits per heavy atom. The third-order valence-electron chi connectivity index (χ3n) is 12.3. The molecule has 0 bridgehead atoms. The molecule has 10 nitrogen and oxygen atoms in total. The van der Waals surface area contributed by atoms with Gasteiger partial charge in [-0.3, -0.25) is 9.59 Å². The van der Waals surface area contributed by atoms with Crippen molar-refractivity contribution in [1.82, 2.24) is 0 Å². The van der Waals surface area contributed by atoms with E-state index in [4.69, 9.17) is 23.7 Å². The van der Waals surface area contributed by atoms with E-state index in [1.54, 1.807) is 14.0 Å². The first kappa shape index (κ1) is 27.4. The average Bonchev–Trinajstić information content (AvgIpc) is 3.53. The lowest BCUT2D eigenvalue weighted by Crippen LogP contribution is -2.72. The molecule has 2 saturated heterocycles. The van der Waals surface area contributed by atoms with E-state index in [1.165, 1.54) is 6.08 Å². The van der Waals surface area contributed by atoms with E-state index in [1.807, 2.05) is 6.92 Å². The number of aliphatic hydroxyl groups is 3. The number of hydrogen-bond donors (Lipinski definition) is 3. The molecule has 40 heavy (non-hydrogen) atoms. The van der Waals surface area contributed by atoms with Crippen LogP contribution >= 0.6 is 0 Å². The minimum Gasteiger partial charge on any atom is -0.489 e. The van der Waals surface area contributed by atoms with Crippen molar-refractivity contribution in [1.29, 1.82) is 0 Å². The molecule has 0 aromatic heterocycles. The maximum atomic E-state index is 14.2. The van der Waals surface area contributed by atoms with E-state index in [-0.39, 0.29) is 42.4 Å². The van der Waals surface area contributed by atoms with Crippen LogP contribution in [-0.4, -0.2) is 95.2 Å². The number of fused-ring (bicyclic) bond motifs is 2. The lowest BCUT2D eigenvalue weighted by molar-refractivity contribution is -0.273. The molecule has 3 aliphatic heterocycles. The number of aliphatic hydroxyl groups excluding tert-OH is 2. The van der Waals surface area contributed by atoms with Crippen LogP contribution in [0, 0.1) is 34.5 Å². The smallest absolute Gasteiger partial charge is 0.196 e. The minimum atomic E-state index is -1.40. The molecule has 0 radical (unpaired) electrons. The molecule has 7 aliphatic rings. The molecule has 0 amide bonds. The molecule has 222 valence electrons. The standard InChI is InChI=1S/C30H42O10/c1-13-25(32)20(36-4)11-22(38-13)39-16-5-6-28(2)14(7-16)8-19-23-24(28)26(33)27(34)29(3)17(18-9-15(31)12-37-18)10-21(40-19)30(23,29)35/h9,13-14,16-17,19-25,27,32,34-35H,5-8,10-12H2,1-4H3. The van der Waals surface area contributed by atoms with Gasteiger partial charge < -0.3 is 39.0 Å². The van der Waals surface area contributed by atoms with Gasteiger partial charge in [0.25, 0.3) is 0 Å². The first-order valence-corrected chi connectivity index (χ1v) is 14.9. The average molecular weight is 563 g/mol. The second kappa shape index (κ2) is 9.05. The van der Waals surface area contributed by atoms with Crippen LogP contribution in [0.3, 0.4) is 0 Å². The summed E-state index contributed by atoms with van der Waals surface area (Å²) >= 11 is 0. The van der Waals surface area contributed by atoms with Crippen molar-refractivity contribution >= 4 is 11.6 Å². The van der Waals surface area contributed by atoms with Crippen molar-refractivity contribution in [3.63, 3.8) is 0 Å². The molecular formula is C30H42O10. The molecule has 7 rings (SSSR count). The maximum Gasteiger partial charge on any atom is 0.196 e. The molecule has 3 N–H and O–H groups in total. The fourth-order valence-electron chi connectivity index (χ4n) is 10.1. The Hall–Kier alpha value is -1.40. The highest BCUT2D eigenvalue weighted by Crippen LogP contribution is 2.72. The second-order valence-corrected chi connectivity index (χ2v) is 13.9. The zero-order chi connectivity index (χ0) is 28.4. The maximum absolute atomic E-state index is 14.2. The summed E-state index contributed by atoms with van der Waals surface area (Å²) in [6, 6.07) is 0. The van der Waals surface area contributed by atoms with Crippen LogP contribution in [0.4, 0.5) is 0 Å². The van der Waals surface area contributed by atoms with Gasteiger partial charge >= 0.3 is 0 Å². The highest BCUT2D eigenvalue weighted by atomic mass is 16.7. The van der Waals surface area contributed by atoms with Crippen molar-refractivity contribution in [3.05, 3.63) is 11.8 Å². The van der Waals surface area contributed by atoms with Crippen molar-refractivity contribution in [2.24, 2.45) is 34.5 Å². The number of Topliss-reactive ketones (excluding diaryl/α,β-unsaturated/α-hetero) is 1. The quantitative estimate of drug-likeness (QED) is 0.429. The van der Waals surface area contributed by atoms with Gasteiger partial charge in [-0.05, 0) is 50.4 Å². The van der Waals surface area contributed by atoms with Crippen molar-refractivity contribution in [3.8, 4) is 0 Å². The lowest BCUT2D eigenvalue weighted by Gasteiger charge is -2.62. The normalized spacial score (nSPS) is 56.9. The van der Waals surface area contributed by atoms with Gasteiger partial charge in [0.2, 0.25) is 0 Å². The number of carbonyl (C=O) groups excluding carboxylic acids is 2. The number of ketones is 2. The summed E-state index contributed by atoms with van der Waals surface area (Å²) in [5, 5.41) is 34.6. The van der Waals surface area contributed by atoms with Gasteiger partial charge in [-0.25, -0.2) is 0 Å². The number of hydrogen-bond acceptors (Lipinski definition) is 10. The van der Waals surface area contributed by atoms with Crippen LogP contribution in [0.5, 0.6) is 0 Å². The van der Waals surface area contributed by atoms with E-state index in [9.17, 15) is 24.9 Å².